The Morgan fingerprint density at radius 2 is 2.00 bits per heavy atom. The van der Waals surface area contributed by atoms with E-state index >= 15 is 0 Å². The average Bonchev–Trinajstić information content (AvgIpc) is 2.86. The highest BCUT2D eigenvalue weighted by molar-refractivity contribution is 5.55. The van der Waals surface area contributed by atoms with Crippen LogP contribution in [-0.4, -0.2) is 0 Å². The fourth-order valence-electron chi connectivity index (χ4n) is 1.67. The maximum absolute atomic E-state index is 5.87. The van der Waals surface area contributed by atoms with Crippen LogP contribution in [0.25, 0.3) is 0 Å². The summed E-state index contributed by atoms with van der Waals surface area (Å²) >= 11 is 0. The Morgan fingerprint density at radius 3 is 2.50 bits per heavy atom. The van der Waals surface area contributed by atoms with E-state index < -0.39 is 0 Å². The molecule has 2 rings (SSSR count). The van der Waals surface area contributed by atoms with Crippen LogP contribution in [0.1, 0.15) is 18.4 Å². The van der Waals surface area contributed by atoms with Crippen molar-refractivity contribution in [2.75, 3.05) is 5.73 Å². The predicted molar refractivity (Wildman–Crippen MR) is 52.0 cm³/mol. The van der Waals surface area contributed by atoms with E-state index in [4.69, 9.17) is 5.73 Å². The van der Waals surface area contributed by atoms with E-state index in [0.717, 1.165) is 5.69 Å². The zero-order valence-corrected chi connectivity index (χ0v) is 7.09. The van der Waals surface area contributed by atoms with Crippen LogP contribution in [0.4, 0.5) is 5.69 Å². The van der Waals surface area contributed by atoms with Gasteiger partial charge in [-0.15, -0.1) is 6.58 Å². The molecular formula is C11H13N. The number of allylic oxidation sites excluding steroid dienone is 1. The Bertz CT molecular complexity index is 311. The summed E-state index contributed by atoms with van der Waals surface area (Å²) in [6.45, 7) is 3.86. The van der Waals surface area contributed by atoms with Crippen molar-refractivity contribution in [3.63, 3.8) is 0 Å². The van der Waals surface area contributed by atoms with Gasteiger partial charge in [-0.05, 0) is 24.5 Å². The third kappa shape index (κ3) is 0.934. The maximum Gasteiger partial charge on any atom is 0.0355 e. The zero-order valence-electron chi connectivity index (χ0n) is 7.09. The summed E-state index contributed by atoms with van der Waals surface area (Å²) in [5, 5.41) is 0. The molecule has 2 N–H and O–H groups in total. The van der Waals surface area contributed by atoms with E-state index in [1.54, 1.807) is 0 Å². The Kier molecular flexibility index (Phi) is 1.47. The van der Waals surface area contributed by atoms with E-state index in [0.29, 0.717) is 0 Å². The summed E-state index contributed by atoms with van der Waals surface area (Å²) in [6, 6.07) is 8.07. The van der Waals surface area contributed by atoms with Crippen LogP contribution in [0.3, 0.4) is 0 Å². The smallest absolute Gasteiger partial charge is 0.0355 e. The number of benzene rings is 1. The van der Waals surface area contributed by atoms with Crippen molar-refractivity contribution in [1.29, 1.82) is 0 Å². The lowest BCUT2D eigenvalue weighted by Crippen LogP contribution is -2.05. The SMILES string of the molecule is C=CC1(c2ccccc2N)CC1. The Morgan fingerprint density at radius 1 is 1.33 bits per heavy atom. The van der Waals surface area contributed by atoms with Crippen LogP contribution in [0.5, 0.6) is 0 Å². The van der Waals surface area contributed by atoms with Gasteiger partial charge in [0.05, 0.1) is 0 Å². The van der Waals surface area contributed by atoms with Crippen molar-refractivity contribution in [3.8, 4) is 0 Å². The average molecular weight is 159 g/mol. The molecule has 0 spiro atoms. The second kappa shape index (κ2) is 2.37. The van der Waals surface area contributed by atoms with E-state index in [1.807, 2.05) is 24.3 Å². The van der Waals surface area contributed by atoms with Gasteiger partial charge in [0.1, 0.15) is 0 Å². The van der Waals surface area contributed by atoms with Crippen LogP contribution in [0.15, 0.2) is 36.9 Å². The molecule has 0 amide bonds. The molecular weight excluding hydrogens is 146 g/mol. The number of hydrogen-bond donors (Lipinski definition) is 1. The first-order valence-corrected chi connectivity index (χ1v) is 4.27. The predicted octanol–water partition coefficient (Wildman–Crippen LogP) is 2.49. The van der Waals surface area contributed by atoms with Gasteiger partial charge in [-0.25, -0.2) is 0 Å². The number of anilines is 1. The molecule has 1 saturated carbocycles. The Balaban J connectivity index is 2.46. The zero-order chi connectivity index (χ0) is 8.60. The first kappa shape index (κ1) is 7.41. The van der Waals surface area contributed by atoms with Gasteiger partial charge in [-0.1, -0.05) is 24.3 Å². The maximum atomic E-state index is 5.87. The van der Waals surface area contributed by atoms with Gasteiger partial charge in [0.25, 0.3) is 0 Å². The molecule has 0 atom stereocenters. The quantitative estimate of drug-likeness (QED) is 0.520. The third-order valence-electron chi connectivity index (χ3n) is 2.68. The lowest BCUT2D eigenvalue weighted by Gasteiger charge is -2.12. The molecule has 1 aromatic carbocycles. The van der Waals surface area contributed by atoms with Crippen molar-refractivity contribution in [1.82, 2.24) is 0 Å². The number of nitrogen functional groups attached to an aromatic ring is 1. The lowest BCUT2D eigenvalue weighted by molar-refractivity contribution is 0.898. The molecule has 0 unspecified atom stereocenters. The molecule has 1 aromatic rings. The topological polar surface area (TPSA) is 26.0 Å². The molecule has 1 fully saturated rings. The summed E-state index contributed by atoms with van der Waals surface area (Å²) in [5.41, 5.74) is 8.24. The van der Waals surface area contributed by atoms with Crippen LogP contribution >= 0.6 is 0 Å². The fraction of sp³-hybridized carbons (Fsp3) is 0.273. The van der Waals surface area contributed by atoms with Gasteiger partial charge in [0.2, 0.25) is 0 Å². The summed E-state index contributed by atoms with van der Waals surface area (Å²) in [5.74, 6) is 0. The number of para-hydroxylation sites is 1. The van der Waals surface area contributed by atoms with E-state index in [-0.39, 0.29) is 5.41 Å². The third-order valence-corrected chi connectivity index (χ3v) is 2.68. The molecule has 1 aliphatic rings. The van der Waals surface area contributed by atoms with Gasteiger partial charge < -0.3 is 5.73 Å². The van der Waals surface area contributed by atoms with Crippen LogP contribution in [0, 0.1) is 0 Å². The van der Waals surface area contributed by atoms with Gasteiger partial charge in [0.15, 0.2) is 0 Å². The van der Waals surface area contributed by atoms with E-state index in [9.17, 15) is 0 Å². The highest BCUT2D eigenvalue weighted by Crippen LogP contribution is 2.50. The van der Waals surface area contributed by atoms with Crippen molar-refractivity contribution in [2.24, 2.45) is 0 Å². The van der Waals surface area contributed by atoms with Gasteiger partial charge in [-0.3, -0.25) is 0 Å². The summed E-state index contributed by atoms with van der Waals surface area (Å²) < 4.78 is 0. The normalized spacial score (nSPS) is 18.7. The second-order valence-electron chi connectivity index (χ2n) is 3.45. The van der Waals surface area contributed by atoms with Crippen molar-refractivity contribution < 1.29 is 0 Å². The minimum Gasteiger partial charge on any atom is -0.398 e. The Labute approximate surface area is 72.9 Å². The van der Waals surface area contributed by atoms with Crippen LogP contribution in [0.2, 0.25) is 0 Å². The highest BCUT2D eigenvalue weighted by atomic mass is 14.6. The van der Waals surface area contributed by atoms with Gasteiger partial charge in [0, 0.05) is 11.1 Å². The lowest BCUT2D eigenvalue weighted by atomic mass is 9.95. The van der Waals surface area contributed by atoms with E-state index in [1.165, 1.54) is 18.4 Å². The second-order valence-corrected chi connectivity index (χ2v) is 3.45. The van der Waals surface area contributed by atoms with Crippen LogP contribution < -0.4 is 5.73 Å². The number of hydrogen-bond acceptors (Lipinski definition) is 1. The molecule has 0 aliphatic heterocycles. The summed E-state index contributed by atoms with van der Waals surface area (Å²) in [7, 11) is 0. The highest BCUT2D eigenvalue weighted by Gasteiger charge is 2.42. The molecule has 1 aliphatic carbocycles. The molecule has 1 nitrogen and oxygen atoms in total. The largest absolute Gasteiger partial charge is 0.398 e. The molecule has 0 aromatic heterocycles. The van der Waals surface area contributed by atoms with Crippen molar-refractivity contribution in [2.45, 2.75) is 18.3 Å². The van der Waals surface area contributed by atoms with Crippen molar-refractivity contribution >= 4 is 5.69 Å². The minimum absolute atomic E-state index is 0.214. The van der Waals surface area contributed by atoms with Crippen LogP contribution in [-0.2, 0) is 5.41 Å². The molecule has 1 heteroatoms. The molecule has 0 bridgehead atoms. The number of rotatable bonds is 2. The molecule has 12 heavy (non-hydrogen) atoms. The number of nitrogens with two attached hydrogens (primary N) is 1. The first-order valence-electron chi connectivity index (χ1n) is 4.27. The first-order chi connectivity index (χ1) is 5.78. The van der Waals surface area contributed by atoms with Gasteiger partial charge in [-0.2, -0.15) is 0 Å². The molecule has 0 saturated heterocycles. The summed E-state index contributed by atoms with van der Waals surface area (Å²) in [6.07, 6.45) is 4.42. The molecule has 0 heterocycles. The van der Waals surface area contributed by atoms with E-state index in [2.05, 4.69) is 12.6 Å². The van der Waals surface area contributed by atoms with Crippen molar-refractivity contribution in [3.05, 3.63) is 42.5 Å². The monoisotopic (exact) mass is 159 g/mol. The minimum atomic E-state index is 0.214. The fourth-order valence-corrected chi connectivity index (χ4v) is 1.67. The molecule has 62 valence electrons. The molecule has 0 radical (unpaired) electrons. The Hall–Kier alpha value is -1.24. The standard InChI is InChI=1S/C11H13N/c1-2-11(7-8-11)9-5-3-4-6-10(9)12/h2-6H,1,7-8,12H2. The summed E-state index contributed by atoms with van der Waals surface area (Å²) in [4.78, 5) is 0. The van der Waals surface area contributed by atoms with Gasteiger partial charge >= 0.3 is 0 Å².